The van der Waals surface area contributed by atoms with Crippen LogP contribution >= 0.6 is 11.6 Å². The summed E-state index contributed by atoms with van der Waals surface area (Å²) >= 11 is 5.77. The summed E-state index contributed by atoms with van der Waals surface area (Å²) in [5.41, 5.74) is 2.29. The molecule has 1 aliphatic heterocycles. The zero-order valence-electron chi connectivity index (χ0n) is 5.34. The number of nitrogens with zero attached hydrogens (tertiary/aromatic N) is 1. The van der Waals surface area contributed by atoms with Gasteiger partial charge in [0.2, 0.25) is 0 Å². The monoisotopic (exact) mass is 151 g/mol. The minimum absolute atomic E-state index is 0.796. The first kappa shape index (κ1) is 5.93. The van der Waals surface area contributed by atoms with Crippen molar-refractivity contribution >= 4 is 23.5 Å². The van der Waals surface area contributed by atoms with Crippen molar-refractivity contribution < 1.29 is 0 Å². The van der Waals surface area contributed by atoms with Crippen LogP contribution < -0.4 is 0 Å². The molecule has 0 aliphatic carbocycles. The molecule has 1 aromatic rings. The first-order chi connectivity index (χ1) is 4.86. The van der Waals surface area contributed by atoms with Crippen molar-refractivity contribution in [1.82, 2.24) is 0 Å². The molecule has 50 valence electrons. The lowest BCUT2D eigenvalue weighted by molar-refractivity contribution is 1.41. The Morgan fingerprint density at radius 2 is 2.30 bits per heavy atom. The van der Waals surface area contributed by atoms with Gasteiger partial charge in [0.15, 0.2) is 0 Å². The van der Waals surface area contributed by atoms with Gasteiger partial charge in [-0.1, -0.05) is 11.6 Å². The quantitative estimate of drug-likeness (QED) is 0.541. The lowest BCUT2D eigenvalue weighted by Crippen LogP contribution is -1.76. The standard InChI is InChI=1S/C8H6ClN/c9-7-1-2-8-6(5-7)3-4-10-8/h1-2,4-5H,3H2. The van der Waals surface area contributed by atoms with Gasteiger partial charge in [-0.3, -0.25) is 4.99 Å². The second-order valence-electron chi connectivity index (χ2n) is 2.29. The summed E-state index contributed by atoms with van der Waals surface area (Å²) in [6.07, 6.45) is 2.83. The highest BCUT2D eigenvalue weighted by atomic mass is 35.5. The average molecular weight is 152 g/mol. The normalized spacial score (nSPS) is 13.7. The minimum atomic E-state index is 0.796. The van der Waals surface area contributed by atoms with E-state index in [2.05, 4.69) is 4.99 Å². The van der Waals surface area contributed by atoms with Crippen molar-refractivity contribution in [3.63, 3.8) is 0 Å². The third kappa shape index (κ3) is 0.830. The molecule has 0 saturated heterocycles. The minimum Gasteiger partial charge on any atom is -0.261 e. The third-order valence-corrected chi connectivity index (χ3v) is 1.82. The van der Waals surface area contributed by atoms with Crippen LogP contribution in [0.5, 0.6) is 0 Å². The van der Waals surface area contributed by atoms with E-state index in [9.17, 15) is 0 Å². The Labute approximate surface area is 64.4 Å². The van der Waals surface area contributed by atoms with Crippen LogP contribution in [0.2, 0.25) is 5.02 Å². The number of fused-ring (bicyclic) bond motifs is 1. The van der Waals surface area contributed by atoms with Crippen LogP contribution in [0.25, 0.3) is 0 Å². The smallest absolute Gasteiger partial charge is 0.0662 e. The van der Waals surface area contributed by atoms with E-state index < -0.39 is 0 Å². The molecule has 0 N–H and O–H groups in total. The Hall–Kier alpha value is -0.820. The van der Waals surface area contributed by atoms with Gasteiger partial charge in [0, 0.05) is 17.7 Å². The van der Waals surface area contributed by atoms with E-state index in [0.717, 1.165) is 17.1 Å². The van der Waals surface area contributed by atoms with E-state index in [1.165, 1.54) is 5.56 Å². The summed E-state index contributed by atoms with van der Waals surface area (Å²) in [5, 5.41) is 0.796. The first-order valence-corrected chi connectivity index (χ1v) is 3.55. The van der Waals surface area contributed by atoms with Gasteiger partial charge in [0.05, 0.1) is 5.69 Å². The van der Waals surface area contributed by atoms with Crippen LogP contribution in [-0.4, -0.2) is 6.21 Å². The first-order valence-electron chi connectivity index (χ1n) is 3.17. The number of rotatable bonds is 0. The second-order valence-corrected chi connectivity index (χ2v) is 2.73. The van der Waals surface area contributed by atoms with Gasteiger partial charge in [-0.25, -0.2) is 0 Å². The number of halogens is 1. The molecule has 1 aliphatic rings. The van der Waals surface area contributed by atoms with Crippen LogP contribution in [0.4, 0.5) is 5.69 Å². The van der Waals surface area contributed by atoms with E-state index in [-0.39, 0.29) is 0 Å². The molecule has 0 fully saturated rings. The van der Waals surface area contributed by atoms with E-state index in [1.54, 1.807) is 0 Å². The lowest BCUT2D eigenvalue weighted by atomic mass is 10.2. The molecule has 1 heterocycles. The molecule has 0 amide bonds. The molecule has 0 radical (unpaired) electrons. The van der Waals surface area contributed by atoms with Crippen molar-refractivity contribution in [2.24, 2.45) is 4.99 Å². The molecule has 0 unspecified atom stereocenters. The lowest BCUT2D eigenvalue weighted by Gasteiger charge is -1.95. The summed E-state index contributed by atoms with van der Waals surface area (Å²) in [5.74, 6) is 0. The largest absolute Gasteiger partial charge is 0.261 e. The molecule has 0 atom stereocenters. The Morgan fingerprint density at radius 3 is 3.20 bits per heavy atom. The van der Waals surface area contributed by atoms with Crippen LogP contribution in [0.3, 0.4) is 0 Å². The van der Waals surface area contributed by atoms with E-state index in [0.29, 0.717) is 0 Å². The predicted molar refractivity (Wildman–Crippen MR) is 43.3 cm³/mol. The summed E-state index contributed by atoms with van der Waals surface area (Å²) in [6, 6.07) is 5.77. The number of hydrogen-bond donors (Lipinski definition) is 0. The van der Waals surface area contributed by atoms with Crippen LogP contribution in [0.15, 0.2) is 23.2 Å². The third-order valence-electron chi connectivity index (χ3n) is 1.58. The number of aliphatic imine (C=N–C) groups is 1. The highest BCUT2D eigenvalue weighted by molar-refractivity contribution is 6.30. The number of hydrogen-bond acceptors (Lipinski definition) is 1. The molecule has 0 saturated carbocycles. The molecule has 1 nitrogen and oxygen atoms in total. The van der Waals surface area contributed by atoms with Crippen molar-refractivity contribution in [2.75, 3.05) is 0 Å². The van der Waals surface area contributed by atoms with E-state index >= 15 is 0 Å². The van der Waals surface area contributed by atoms with Gasteiger partial charge in [-0.2, -0.15) is 0 Å². The molecule has 0 bridgehead atoms. The molecular formula is C8H6ClN. The van der Waals surface area contributed by atoms with Crippen LogP contribution in [0, 0.1) is 0 Å². The van der Waals surface area contributed by atoms with Crippen molar-refractivity contribution in [2.45, 2.75) is 6.42 Å². The Kier molecular flexibility index (Phi) is 1.24. The van der Waals surface area contributed by atoms with Gasteiger partial charge in [0.25, 0.3) is 0 Å². The van der Waals surface area contributed by atoms with Crippen molar-refractivity contribution in [3.8, 4) is 0 Å². The maximum atomic E-state index is 5.77. The number of benzene rings is 1. The summed E-state index contributed by atoms with van der Waals surface area (Å²) in [7, 11) is 0. The Balaban J connectivity index is 2.59. The van der Waals surface area contributed by atoms with Crippen molar-refractivity contribution in [1.29, 1.82) is 0 Å². The predicted octanol–water partition coefficient (Wildman–Crippen LogP) is 2.60. The fourth-order valence-corrected chi connectivity index (χ4v) is 1.28. The second kappa shape index (κ2) is 2.10. The molecule has 2 heteroatoms. The van der Waals surface area contributed by atoms with Gasteiger partial charge in [-0.05, 0) is 23.8 Å². The van der Waals surface area contributed by atoms with E-state index in [1.807, 2.05) is 24.4 Å². The topological polar surface area (TPSA) is 12.4 Å². The highest BCUT2D eigenvalue weighted by Crippen LogP contribution is 2.26. The Morgan fingerprint density at radius 1 is 1.40 bits per heavy atom. The van der Waals surface area contributed by atoms with Gasteiger partial charge >= 0.3 is 0 Å². The Bertz CT molecular complexity index is 291. The summed E-state index contributed by atoms with van der Waals surface area (Å²) in [6.45, 7) is 0. The van der Waals surface area contributed by atoms with Gasteiger partial charge in [-0.15, -0.1) is 0 Å². The fraction of sp³-hybridized carbons (Fsp3) is 0.125. The fourth-order valence-electron chi connectivity index (χ4n) is 1.09. The van der Waals surface area contributed by atoms with Crippen molar-refractivity contribution in [3.05, 3.63) is 28.8 Å². The highest BCUT2D eigenvalue weighted by Gasteiger charge is 2.04. The molecule has 0 spiro atoms. The summed E-state index contributed by atoms with van der Waals surface area (Å²) in [4.78, 5) is 4.16. The average Bonchev–Trinajstić information content (AvgIpc) is 2.33. The van der Waals surface area contributed by atoms with Gasteiger partial charge in [0.1, 0.15) is 0 Å². The molecule has 2 rings (SSSR count). The molecule has 0 aromatic heterocycles. The SMILES string of the molecule is Clc1ccc2c(c1)CC=N2. The van der Waals surface area contributed by atoms with E-state index in [4.69, 9.17) is 11.6 Å². The van der Waals surface area contributed by atoms with Gasteiger partial charge < -0.3 is 0 Å². The zero-order valence-corrected chi connectivity index (χ0v) is 6.10. The molecule has 1 aromatic carbocycles. The van der Waals surface area contributed by atoms with Crippen LogP contribution in [-0.2, 0) is 6.42 Å². The zero-order chi connectivity index (χ0) is 6.97. The summed E-state index contributed by atoms with van der Waals surface area (Å²) < 4.78 is 0. The molecule has 10 heavy (non-hydrogen) atoms. The maximum absolute atomic E-state index is 5.77. The van der Waals surface area contributed by atoms with Crippen LogP contribution in [0.1, 0.15) is 5.56 Å². The maximum Gasteiger partial charge on any atom is 0.0662 e. The molecular weight excluding hydrogens is 146 g/mol.